The van der Waals surface area contributed by atoms with Gasteiger partial charge in [-0.1, -0.05) is 116 Å². The predicted octanol–water partition coefficient (Wildman–Crippen LogP) is 10.9. The molecular weight excluding hydrogens is 983 g/mol. The highest BCUT2D eigenvalue weighted by Crippen LogP contribution is 2.40. The highest BCUT2D eigenvalue weighted by Gasteiger charge is 2.40. The van der Waals surface area contributed by atoms with Crippen molar-refractivity contribution in [2.24, 2.45) is 13.0 Å². The smallest absolute Gasteiger partial charge is 0.309 e. The van der Waals surface area contributed by atoms with Crippen LogP contribution in [0.5, 0.6) is 0 Å². The maximum atomic E-state index is 12.8. The molecule has 2 aromatic heterocycles. The summed E-state index contributed by atoms with van der Waals surface area (Å²) >= 11 is 0. The zero-order chi connectivity index (χ0) is 58.5. The van der Waals surface area contributed by atoms with Crippen LogP contribution in [0.25, 0.3) is 22.0 Å². The second-order valence-corrected chi connectivity index (χ2v) is 19.3. The van der Waals surface area contributed by atoms with Crippen molar-refractivity contribution < 1.29 is 38.9 Å². The van der Waals surface area contributed by atoms with Crippen molar-refractivity contribution in [3.8, 4) is 11.1 Å². The lowest BCUT2D eigenvalue weighted by Gasteiger charge is -2.26. The first-order valence-corrected chi connectivity index (χ1v) is 28.8. The molecule has 0 bridgehead atoms. The van der Waals surface area contributed by atoms with Crippen molar-refractivity contribution >= 4 is 35.0 Å². The largest absolute Gasteiger partial charge is 0.493 e. The highest BCUT2D eigenvalue weighted by molar-refractivity contribution is 6.01. The number of hydrogen-bond donors (Lipinski definition) is 4. The van der Waals surface area contributed by atoms with E-state index in [1.54, 1.807) is 36.3 Å². The van der Waals surface area contributed by atoms with Crippen molar-refractivity contribution in [3.05, 3.63) is 111 Å². The van der Waals surface area contributed by atoms with Crippen molar-refractivity contribution in [2.75, 3.05) is 59.0 Å². The van der Waals surface area contributed by atoms with Crippen LogP contribution in [0, 0.1) is 33.6 Å². The van der Waals surface area contributed by atoms with E-state index in [2.05, 4.69) is 112 Å². The number of amides is 2. The minimum absolute atomic E-state index is 0.0500. The number of aliphatic hydroxyl groups is 1. The maximum absolute atomic E-state index is 12.8. The lowest BCUT2D eigenvalue weighted by molar-refractivity contribution is -0.136. The highest BCUT2D eigenvalue weighted by atomic mass is 16.5. The summed E-state index contributed by atoms with van der Waals surface area (Å²) in [4.78, 5) is 51.0. The summed E-state index contributed by atoms with van der Waals surface area (Å²) in [5.41, 5.74) is 15.6. The first kappa shape index (κ1) is 68.1. The number of aromatic nitrogens is 3. The van der Waals surface area contributed by atoms with Crippen molar-refractivity contribution in [1.29, 1.82) is 0 Å². The van der Waals surface area contributed by atoms with E-state index in [4.69, 9.17) is 14.6 Å². The number of fused-ring (bicyclic) bond motifs is 2. The van der Waals surface area contributed by atoms with Gasteiger partial charge in [-0.25, -0.2) is 0 Å². The molecule has 4 aromatic rings. The van der Waals surface area contributed by atoms with Gasteiger partial charge in [0.1, 0.15) is 12.0 Å². The standard InChI is InChI=1S/C36H49N5O3.C18H24N2O5.C3H8.3C2H6/c1-23-12-8-9-13-28(23)20-25(3)44-19-11-15-30-31-17-16-24(2)34(35-26(4)38-40(7)27(35)5)36(31)41(32(30)21-33(42)43)37-22-29-14-10-18-39(29)6;1-19-17(23)8-7-13(12-22)20-11-15-14(18(20)24)5-2-3-6-16(15)25-10-4-9-21;1-3-2;3*1-2/h8-9,12-13,16-17,25,29,37H,10-11,14-15,18-22H2,1-7H3,(H,42,43);2-3,5-6,9,13-14,22H,4,7-8,10-12H2,1H3,(H,19,23);3H2,1-2H3;3*1-2H3/t25?,29-;;;;;/m0...../s1. The van der Waals surface area contributed by atoms with E-state index in [-0.39, 0.29) is 50.4 Å². The molecule has 2 aliphatic heterocycles. The van der Waals surface area contributed by atoms with Gasteiger partial charge in [-0.05, 0) is 115 Å². The molecule has 434 valence electrons. The molecule has 4 atom stereocenters. The Morgan fingerprint density at radius 1 is 0.949 bits per heavy atom. The number of rotatable bonds is 22. The lowest BCUT2D eigenvalue weighted by atomic mass is 9.94. The number of aliphatic hydroxyl groups excluding tert-OH is 1. The van der Waals surface area contributed by atoms with E-state index in [1.165, 1.54) is 24.0 Å². The molecule has 2 amide bonds. The van der Waals surface area contributed by atoms with Gasteiger partial charge in [0.05, 0.1) is 54.6 Å². The van der Waals surface area contributed by atoms with Gasteiger partial charge in [-0.2, -0.15) is 5.10 Å². The number of ether oxygens (including phenoxy) is 2. The molecule has 3 aliphatic rings. The summed E-state index contributed by atoms with van der Waals surface area (Å²) in [5, 5.41) is 28.2. The number of carbonyl (C=O) groups is 4. The molecule has 2 aromatic carbocycles. The third kappa shape index (κ3) is 18.8. The zero-order valence-corrected chi connectivity index (χ0v) is 50.6. The van der Waals surface area contributed by atoms with Gasteiger partial charge in [-0.3, -0.25) is 23.7 Å². The number of nitrogens with one attached hydrogen (secondary N) is 2. The second kappa shape index (κ2) is 36.2. The Labute approximate surface area is 468 Å². The van der Waals surface area contributed by atoms with Crippen molar-refractivity contribution in [1.82, 2.24) is 29.6 Å². The van der Waals surface area contributed by atoms with Crippen LogP contribution in [0.3, 0.4) is 0 Å². The fourth-order valence-corrected chi connectivity index (χ4v) is 9.98. The summed E-state index contributed by atoms with van der Waals surface area (Å²) < 4.78 is 16.0. The number of carboxylic acids is 1. The number of hydrogen-bond acceptors (Lipinski definition) is 10. The van der Waals surface area contributed by atoms with E-state index >= 15 is 0 Å². The van der Waals surface area contributed by atoms with Gasteiger partial charge in [0, 0.05) is 80.5 Å². The lowest BCUT2D eigenvalue weighted by Crippen LogP contribution is -2.40. The molecule has 2 fully saturated rings. The molecule has 3 unspecified atom stereocenters. The first-order valence-electron chi connectivity index (χ1n) is 28.8. The number of carbonyl (C=O) groups excluding carboxylic acids is 3. The van der Waals surface area contributed by atoms with Gasteiger partial charge in [0.15, 0.2) is 0 Å². The van der Waals surface area contributed by atoms with Crippen LogP contribution in [0.4, 0.5) is 0 Å². The SMILES string of the molecule is CC.CC.CC.CCC.CNC(=O)CCC(CO)N1CC2=C(OCCC=O)C=CC=CC2C1=O.Cc1ccccc1CC(C)OCCCc1c(CC(=O)O)n(NC[C@@H]2CCCN2C)c2c(-c3c(C)nn(C)c3C)c(C)ccc12. The number of nitrogens with zero attached hydrogens (tertiary/aromatic N) is 5. The van der Waals surface area contributed by atoms with Gasteiger partial charge < -0.3 is 45.0 Å². The van der Waals surface area contributed by atoms with Crippen LogP contribution in [-0.4, -0.2) is 130 Å². The molecule has 2 saturated heterocycles. The number of carboxylic acid groups (broad SMARTS) is 1. The predicted molar refractivity (Wildman–Crippen MR) is 320 cm³/mol. The molecule has 1 aliphatic carbocycles. The van der Waals surface area contributed by atoms with Crippen LogP contribution in [-0.2, 0) is 55.0 Å². The molecule has 0 saturated carbocycles. The molecule has 0 spiro atoms. The van der Waals surface area contributed by atoms with Crippen LogP contribution >= 0.6 is 0 Å². The number of likely N-dealkylation sites (N-methyl/N-ethyl adjacent to an activating group) is 1. The van der Waals surface area contributed by atoms with E-state index in [0.29, 0.717) is 31.4 Å². The Morgan fingerprint density at radius 2 is 1.64 bits per heavy atom. The fourth-order valence-electron chi connectivity index (χ4n) is 9.98. The number of allylic oxidation sites excluding steroid dienone is 3. The van der Waals surface area contributed by atoms with Gasteiger partial charge >= 0.3 is 5.97 Å². The minimum Gasteiger partial charge on any atom is -0.493 e. The Hall–Kier alpha value is -6.03. The van der Waals surface area contributed by atoms with Gasteiger partial charge in [0.2, 0.25) is 11.8 Å². The summed E-state index contributed by atoms with van der Waals surface area (Å²) in [6.07, 6.45) is 14.9. The number of aryl methyl sites for hydroxylation is 5. The molecule has 78 heavy (non-hydrogen) atoms. The third-order valence-electron chi connectivity index (χ3n) is 13.9. The summed E-state index contributed by atoms with van der Waals surface area (Å²) in [7, 11) is 5.71. The Morgan fingerprint density at radius 3 is 2.23 bits per heavy atom. The van der Waals surface area contributed by atoms with E-state index < -0.39 is 17.9 Å². The monoisotopic (exact) mass is 1080 g/mol. The maximum Gasteiger partial charge on any atom is 0.309 e. The fraction of sp³-hybridized carbons (Fsp3) is 0.571. The topological polar surface area (TPSA) is 180 Å². The van der Waals surface area contributed by atoms with Crippen LogP contribution < -0.4 is 10.7 Å². The number of aliphatic carboxylic acids is 1. The average molecular weight is 1080 g/mol. The van der Waals surface area contributed by atoms with Crippen LogP contribution in [0.1, 0.15) is 147 Å². The quantitative estimate of drug-likeness (QED) is 0.0434. The molecule has 15 heteroatoms. The summed E-state index contributed by atoms with van der Waals surface area (Å²) in [6.45, 7) is 29.7. The van der Waals surface area contributed by atoms with E-state index in [9.17, 15) is 29.4 Å². The number of benzene rings is 2. The summed E-state index contributed by atoms with van der Waals surface area (Å²) in [5.74, 6) is -0.905. The Kier molecular flexibility index (Phi) is 31.6. The molecule has 4 N–H and O–H groups in total. The summed E-state index contributed by atoms with van der Waals surface area (Å²) in [6, 6.07) is 12.8. The van der Waals surface area contributed by atoms with E-state index in [0.717, 1.165) is 101 Å². The van der Waals surface area contributed by atoms with Crippen molar-refractivity contribution in [2.45, 2.75) is 172 Å². The molecule has 0 radical (unpaired) electrons. The average Bonchev–Trinajstić information content (AvgIpc) is 4.25. The van der Waals surface area contributed by atoms with Gasteiger partial charge in [-0.15, -0.1) is 0 Å². The third-order valence-corrected chi connectivity index (χ3v) is 13.9. The Bertz CT molecular complexity index is 2570. The van der Waals surface area contributed by atoms with Crippen LogP contribution in [0.15, 0.2) is 72.0 Å². The first-order chi connectivity index (χ1) is 37.6. The molecule has 4 heterocycles. The number of likely N-dealkylation sites (tertiary alicyclic amines) is 2. The van der Waals surface area contributed by atoms with Gasteiger partial charge in [0.25, 0.3) is 0 Å². The normalized spacial score (nSPS) is 16.1. The molecule has 15 nitrogen and oxygen atoms in total. The second-order valence-electron chi connectivity index (χ2n) is 19.3. The molecule has 7 rings (SSSR count). The zero-order valence-electron chi connectivity index (χ0n) is 50.6. The van der Waals surface area contributed by atoms with Crippen LogP contribution in [0.2, 0.25) is 0 Å². The Balaban J connectivity index is 0.000000518. The minimum atomic E-state index is -0.829. The van der Waals surface area contributed by atoms with Crippen molar-refractivity contribution in [3.63, 3.8) is 0 Å². The van der Waals surface area contributed by atoms with E-state index in [1.807, 2.05) is 53.3 Å². The number of aldehydes is 1. The molecular formula is C63H99N7O8.